The third kappa shape index (κ3) is 7.82. The third-order valence-corrected chi connectivity index (χ3v) is 1.99. The first-order valence-electron chi connectivity index (χ1n) is 4.61. The number of hydrogen-bond donors (Lipinski definition) is 1. The lowest BCUT2D eigenvalue weighted by Crippen LogP contribution is -2.20. The minimum absolute atomic E-state index is 0.377. The molecule has 0 rings (SSSR count). The first-order chi connectivity index (χ1) is 5.16. The van der Waals surface area contributed by atoms with E-state index in [0.717, 1.165) is 13.0 Å². The molecule has 0 heterocycles. The number of nitrogens with zero attached hydrogens (tertiary/aromatic N) is 1. The van der Waals surface area contributed by atoms with Crippen LogP contribution >= 0.6 is 0 Å². The molecule has 68 valence electrons. The zero-order valence-corrected chi connectivity index (χ0v) is 8.14. The van der Waals surface area contributed by atoms with Crippen LogP contribution in [0.3, 0.4) is 0 Å². The van der Waals surface area contributed by atoms with Crippen LogP contribution in [0.4, 0.5) is 0 Å². The highest BCUT2D eigenvalue weighted by Crippen LogP contribution is 1.99. The Kier molecular flexibility index (Phi) is 6.57. The summed E-state index contributed by atoms with van der Waals surface area (Å²) in [5.41, 5.74) is 5.63. The lowest BCUT2D eigenvalue weighted by Gasteiger charge is -2.13. The molecule has 0 aliphatic heterocycles. The van der Waals surface area contributed by atoms with Crippen LogP contribution in [0.25, 0.3) is 0 Å². The smallest absolute Gasteiger partial charge is 0.00104 e. The second-order valence-corrected chi connectivity index (χ2v) is 3.37. The van der Waals surface area contributed by atoms with E-state index in [2.05, 4.69) is 25.8 Å². The van der Waals surface area contributed by atoms with E-state index in [0.29, 0.717) is 6.04 Å². The molecule has 0 amide bonds. The summed E-state index contributed by atoms with van der Waals surface area (Å²) in [5.74, 6) is 0. The molecule has 0 saturated heterocycles. The largest absolute Gasteiger partial charge is 0.328 e. The molecule has 0 aliphatic carbocycles. The molecule has 2 nitrogen and oxygen atoms in total. The van der Waals surface area contributed by atoms with Gasteiger partial charge in [0, 0.05) is 6.04 Å². The molecular formula is C9H22N2. The van der Waals surface area contributed by atoms with Gasteiger partial charge < -0.3 is 10.6 Å². The fourth-order valence-corrected chi connectivity index (χ4v) is 1.01. The molecule has 0 spiro atoms. The molecule has 0 aromatic rings. The van der Waals surface area contributed by atoms with Crippen LogP contribution in [-0.4, -0.2) is 31.1 Å². The second kappa shape index (κ2) is 6.62. The molecule has 2 N–H and O–H groups in total. The molecule has 0 fully saturated rings. The molecule has 0 aliphatic rings. The van der Waals surface area contributed by atoms with Crippen LogP contribution in [0.2, 0.25) is 0 Å². The summed E-state index contributed by atoms with van der Waals surface area (Å²) in [6.45, 7) is 6.62. The topological polar surface area (TPSA) is 29.3 Å². The normalized spacial score (nSPS) is 13.9. The van der Waals surface area contributed by atoms with Crippen molar-refractivity contribution in [2.24, 2.45) is 5.73 Å². The van der Waals surface area contributed by atoms with E-state index in [1.54, 1.807) is 0 Å². The van der Waals surface area contributed by atoms with Crippen molar-refractivity contribution in [2.75, 3.05) is 20.1 Å². The molecule has 0 radical (unpaired) electrons. The van der Waals surface area contributed by atoms with Crippen molar-refractivity contribution in [3.63, 3.8) is 0 Å². The van der Waals surface area contributed by atoms with Crippen LogP contribution < -0.4 is 5.73 Å². The summed E-state index contributed by atoms with van der Waals surface area (Å²) in [4.78, 5) is 2.33. The van der Waals surface area contributed by atoms with E-state index in [9.17, 15) is 0 Å². The van der Waals surface area contributed by atoms with Crippen LogP contribution in [-0.2, 0) is 0 Å². The molecule has 0 saturated carbocycles. The lowest BCUT2D eigenvalue weighted by atomic mass is 10.1. The zero-order chi connectivity index (χ0) is 8.69. The van der Waals surface area contributed by atoms with Crippen molar-refractivity contribution in [1.82, 2.24) is 4.90 Å². The number of rotatable bonds is 6. The minimum atomic E-state index is 0.377. The van der Waals surface area contributed by atoms with Crippen LogP contribution in [0.15, 0.2) is 0 Å². The summed E-state index contributed by atoms with van der Waals surface area (Å²) in [6, 6.07) is 0.377. The Morgan fingerprint density at radius 2 is 2.00 bits per heavy atom. The number of nitrogens with two attached hydrogens (primary N) is 1. The van der Waals surface area contributed by atoms with Crippen LogP contribution in [0.5, 0.6) is 0 Å². The average molecular weight is 158 g/mol. The standard InChI is InChI=1S/C9H22N2/c1-4-11(3)8-6-5-7-9(2)10/h9H,4-8,10H2,1-3H3. The maximum Gasteiger partial charge on any atom is 0.00104 e. The average Bonchev–Trinajstić information content (AvgIpc) is 1.97. The fourth-order valence-electron chi connectivity index (χ4n) is 1.01. The molecular weight excluding hydrogens is 136 g/mol. The number of unbranched alkanes of at least 4 members (excludes halogenated alkanes) is 1. The highest BCUT2D eigenvalue weighted by atomic mass is 15.1. The summed E-state index contributed by atoms with van der Waals surface area (Å²) in [6.07, 6.45) is 3.71. The maximum absolute atomic E-state index is 5.63. The van der Waals surface area contributed by atoms with Crippen molar-refractivity contribution < 1.29 is 0 Å². The van der Waals surface area contributed by atoms with Crippen molar-refractivity contribution >= 4 is 0 Å². The van der Waals surface area contributed by atoms with E-state index in [1.165, 1.54) is 19.4 Å². The van der Waals surface area contributed by atoms with Gasteiger partial charge in [0.25, 0.3) is 0 Å². The van der Waals surface area contributed by atoms with E-state index >= 15 is 0 Å². The van der Waals surface area contributed by atoms with Gasteiger partial charge >= 0.3 is 0 Å². The van der Waals surface area contributed by atoms with Crippen molar-refractivity contribution in [2.45, 2.75) is 39.2 Å². The van der Waals surface area contributed by atoms with Crippen molar-refractivity contribution in [3.8, 4) is 0 Å². The highest BCUT2D eigenvalue weighted by molar-refractivity contribution is 4.55. The Balaban J connectivity index is 3.01. The summed E-state index contributed by atoms with van der Waals surface area (Å²) >= 11 is 0. The van der Waals surface area contributed by atoms with Gasteiger partial charge in [-0.3, -0.25) is 0 Å². The number of hydrogen-bond acceptors (Lipinski definition) is 2. The van der Waals surface area contributed by atoms with Gasteiger partial charge in [-0.15, -0.1) is 0 Å². The molecule has 11 heavy (non-hydrogen) atoms. The van der Waals surface area contributed by atoms with Gasteiger partial charge in [0.2, 0.25) is 0 Å². The Bertz CT molecular complexity index is 81.6. The SMILES string of the molecule is CCN(C)CCCCC(C)N. The molecule has 0 aromatic heterocycles. The lowest BCUT2D eigenvalue weighted by molar-refractivity contribution is 0.340. The Morgan fingerprint density at radius 1 is 1.36 bits per heavy atom. The molecule has 1 unspecified atom stereocenters. The minimum Gasteiger partial charge on any atom is -0.328 e. The van der Waals surface area contributed by atoms with Gasteiger partial charge in [0.15, 0.2) is 0 Å². The molecule has 0 aromatic carbocycles. The van der Waals surface area contributed by atoms with Crippen molar-refractivity contribution in [3.05, 3.63) is 0 Å². The van der Waals surface area contributed by atoms with E-state index in [1.807, 2.05) is 0 Å². The summed E-state index contributed by atoms with van der Waals surface area (Å²) in [5, 5.41) is 0. The van der Waals surface area contributed by atoms with Gasteiger partial charge in [-0.2, -0.15) is 0 Å². The summed E-state index contributed by atoms with van der Waals surface area (Å²) in [7, 11) is 2.16. The maximum atomic E-state index is 5.63. The zero-order valence-electron chi connectivity index (χ0n) is 8.14. The Hall–Kier alpha value is -0.0800. The van der Waals surface area contributed by atoms with Gasteiger partial charge in [-0.05, 0) is 39.9 Å². The quantitative estimate of drug-likeness (QED) is 0.593. The second-order valence-electron chi connectivity index (χ2n) is 3.37. The van der Waals surface area contributed by atoms with Gasteiger partial charge in [0.1, 0.15) is 0 Å². The Labute approximate surface area is 70.8 Å². The Morgan fingerprint density at radius 3 is 2.45 bits per heavy atom. The van der Waals surface area contributed by atoms with Crippen LogP contribution in [0, 0.1) is 0 Å². The van der Waals surface area contributed by atoms with E-state index in [-0.39, 0.29) is 0 Å². The molecule has 2 heteroatoms. The summed E-state index contributed by atoms with van der Waals surface area (Å²) < 4.78 is 0. The molecule has 0 bridgehead atoms. The monoisotopic (exact) mass is 158 g/mol. The highest BCUT2D eigenvalue weighted by Gasteiger charge is 1.96. The van der Waals surface area contributed by atoms with Gasteiger partial charge in [-0.25, -0.2) is 0 Å². The fraction of sp³-hybridized carbons (Fsp3) is 1.00. The molecule has 1 atom stereocenters. The third-order valence-electron chi connectivity index (χ3n) is 1.99. The van der Waals surface area contributed by atoms with E-state index in [4.69, 9.17) is 5.73 Å². The van der Waals surface area contributed by atoms with Gasteiger partial charge in [-0.1, -0.05) is 13.3 Å². The van der Waals surface area contributed by atoms with Crippen molar-refractivity contribution in [1.29, 1.82) is 0 Å². The predicted octanol–water partition coefficient (Wildman–Crippen LogP) is 1.46. The first kappa shape index (κ1) is 10.9. The van der Waals surface area contributed by atoms with E-state index < -0.39 is 0 Å². The predicted molar refractivity (Wildman–Crippen MR) is 50.7 cm³/mol. The van der Waals surface area contributed by atoms with Crippen LogP contribution in [0.1, 0.15) is 33.1 Å². The first-order valence-corrected chi connectivity index (χ1v) is 4.61. The van der Waals surface area contributed by atoms with Gasteiger partial charge in [0.05, 0.1) is 0 Å².